The van der Waals surface area contributed by atoms with E-state index in [9.17, 15) is 35.1 Å². The molecule has 16 nitrogen and oxygen atoms in total. The van der Waals surface area contributed by atoms with Gasteiger partial charge in [0.1, 0.15) is 34.5 Å². The van der Waals surface area contributed by atoms with E-state index in [1.54, 1.807) is 11.8 Å². The fourth-order valence-electron chi connectivity index (χ4n) is 9.92. The van der Waals surface area contributed by atoms with E-state index in [0.29, 0.717) is 61.9 Å². The highest BCUT2D eigenvalue weighted by atomic mass is 16.7. The van der Waals surface area contributed by atoms with Gasteiger partial charge in [-0.25, -0.2) is 0 Å². The Kier molecular flexibility index (Phi) is 8.53. The second-order valence-corrected chi connectivity index (χ2v) is 16.3. The Balaban J connectivity index is 0.981. The molecule has 0 unspecified atom stereocenters. The number of benzene rings is 2. The van der Waals surface area contributed by atoms with Gasteiger partial charge in [0.05, 0.1) is 60.5 Å². The fraction of sp³-hybridized carbons (Fsp3) is 0.600. The van der Waals surface area contributed by atoms with E-state index in [1.807, 2.05) is 19.9 Å². The van der Waals surface area contributed by atoms with Crippen LogP contribution in [0.2, 0.25) is 0 Å². The van der Waals surface area contributed by atoms with Crippen molar-refractivity contribution in [1.29, 1.82) is 0 Å². The molecule has 300 valence electrons. The van der Waals surface area contributed by atoms with Crippen molar-refractivity contribution in [3.05, 3.63) is 49.9 Å². The Hall–Kier alpha value is -3.84. The minimum atomic E-state index is -1.49. The van der Waals surface area contributed by atoms with E-state index in [-0.39, 0.29) is 82.3 Å². The van der Waals surface area contributed by atoms with Crippen LogP contribution in [-0.2, 0) is 41.3 Å². The molecule has 3 aromatic rings. The van der Waals surface area contributed by atoms with Crippen LogP contribution in [0.1, 0.15) is 110 Å². The van der Waals surface area contributed by atoms with E-state index in [0.717, 1.165) is 0 Å². The summed E-state index contributed by atoms with van der Waals surface area (Å²) in [5.41, 5.74) is -0.111. The van der Waals surface area contributed by atoms with Gasteiger partial charge in [0, 0.05) is 55.3 Å². The third-order valence-corrected chi connectivity index (χ3v) is 12.8. The van der Waals surface area contributed by atoms with Crippen molar-refractivity contribution in [2.45, 2.75) is 133 Å². The van der Waals surface area contributed by atoms with Crippen molar-refractivity contribution in [2.75, 3.05) is 19.9 Å². The molecule has 6 heterocycles. The highest BCUT2D eigenvalue weighted by molar-refractivity contribution is 6.06. The summed E-state index contributed by atoms with van der Waals surface area (Å²) in [5, 5.41) is 56.7. The summed E-state index contributed by atoms with van der Waals surface area (Å²) in [6.07, 6.45) is -4.81. The number of carbonyl (C=O) groups is 1. The van der Waals surface area contributed by atoms with Crippen molar-refractivity contribution in [1.82, 2.24) is 4.90 Å². The first-order valence-electron chi connectivity index (χ1n) is 19.5. The van der Waals surface area contributed by atoms with Gasteiger partial charge in [-0.3, -0.25) is 9.59 Å². The summed E-state index contributed by atoms with van der Waals surface area (Å²) < 4.78 is 48.5. The topological polar surface area (TPSA) is 216 Å². The van der Waals surface area contributed by atoms with Crippen LogP contribution in [0.15, 0.2) is 15.3 Å². The molecule has 3 fully saturated rings. The first kappa shape index (κ1) is 36.5. The third-order valence-electron chi connectivity index (χ3n) is 12.8. The Bertz CT molecular complexity index is 2200. The molecule has 1 aromatic heterocycles. The molecule has 5 N–H and O–H groups in total. The van der Waals surface area contributed by atoms with Crippen LogP contribution in [0.3, 0.4) is 0 Å². The number of phenolic OH excluding ortho intramolecular Hbond substituents is 2. The number of ether oxygens (including phenoxy) is 7. The molecule has 11 atom stereocenters. The van der Waals surface area contributed by atoms with Crippen LogP contribution in [0.25, 0.3) is 22.1 Å². The maximum Gasteiger partial charge on any atom is 0.260 e. The molecule has 0 bridgehead atoms. The summed E-state index contributed by atoms with van der Waals surface area (Å²) in [6, 6.07) is 1.83. The zero-order valence-electron chi connectivity index (χ0n) is 31.2. The largest absolute Gasteiger partial charge is 0.506 e. The lowest BCUT2D eigenvalue weighted by molar-refractivity contribution is -0.293. The zero-order valence-corrected chi connectivity index (χ0v) is 31.2. The molecule has 0 radical (unpaired) electrons. The SMILES string of the molecule is C[C@@H]1O[C@H](O[C@H]2C[C@H](O)c3c(oc4c5c6c(c(O)c4c3=O)-c3c(cc4c(c3O)C(=O)N3CCO[C@@]3(C)C4)C[C@H]6OCO5)[C@@H]2O)CC[C@@H]1O[C@@H]1CC[C@H](O)[C@@H](C)O1. The number of fused-ring (bicyclic) bond motifs is 7. The van der Waals surface area contributed by atoms with Gasteiger partial charge in [-0.15, -0.1) is 0 Å². The highest BCUT2D eigenvalue weighted by Crippen LogP contribution is 2.58. The fourth-order valence-corrected chi connectivity index (χ4v) is 9.92. The summed E-state index contributed by atoms with van der Waals surface area (Å²) in [5.74, 6) is -1.40. The van der Waals surface area contributed by atoms with Gasteiger partial charge < -0.3 is 68.0 Å². The lowest BCUT2D eigenvalue weighted by Gasteiger charge is -2.41. The van der Waals surface area contributed by atoms with Crippen LogP contribution in [0.4, 0.5) is 0 Å². The lowest BCUT2D eigenvalue weighted by atomic mass is 9.77. The van der Waals surface area contributed by atoms with E-state index >= 15 is 0 Å². The second-order valence-electron chi connectivity index (χ2n) is 16.3. The van der Waals surface area contributed by atoms with Crippen LogP contribution < -0.4 is 10.2 Å². The van der Waals surface area contributed by atoms with Crippen LogP contribution in [0.5, 0.6) is 17.2 Å². The number of aliphatic hydroxyl groups is 3. The number of amides is 1. The maximum absolute atomic E-state index is 14.4. The van der Waals surface area contributed by atoms with Gasteiger partial charge in [-0.05, 0) is 44.7 Å². The minimum Gasteiger partial charge on any atom is -0.506 e. The van der Waals surface area contributed by atoms with Crippen LogP contribution in [-0.4, -0.2) is 105 Å². The number of carbonyl (C=O) groups excluding carboxylic acids is 1. The smallest absolute Gasteiger partial charge is 0.260 e. The number of rotatable bonds is 4. The van der Waals surface area contributed by atoms with Gasteiger partial charge in [-0.2, -0.15) is 0 Å². The number of hydrogen-bond donors (Lipinski definition) is 5. The third kappa shape index (κ3) is 5.38. The number of aliphatic hydroxyl groups excluding tert-OH is 3. The van der Waals surface area contributed by atoms with Crippen molar-refractivity contribution < 1.29 is 67.9 Å². The Labute approximate surface area is 320 Å². The Morgan fingerprint density at radius 3 is 2.39 bits per heavy atom. The van der Waals surface area contributed by atoms with Crippen molar-refractivity contribution in [2.24, 2.45) is 0 Å². The second kappa shape index (κ2) is 13.1. The predicted molar refractivity (Wildman–Crippen MR) is 191 cm³/mol. The maximum atomic E-state index is 14.4. The molecule has 56 heavy (non-hydrogen) atoms. The van der Waals surface area contributed by atoms with E-state index < -0.39 is 72.0 Å². The molecule has 0 saturated carbocycles. The standard InChI is InChI=1S/C40H45NO15/c1-15-19(42)4-6-24(52-15)54-21-5-7-25(53-16(21)2)55-23-12-20(43)28-34(46)31-35(47)30-26-17(10-18-13-40(3)41(8-9-51-40)39(48)27(18)33(26)45)11-22-29(30)37(50-14-49-22)38(31)56-36(28)32(23)44/h10,15-16,19-25,32,42-45,47H,4-9,11-14H2,1-3H3/t15-,16+,19+,20+,21+,22-,23+,24-,25-,32-,40+/m1/s1. The van der Waals surface area contributed by atoms with Gasteiger partial charge in [-0.1, -0.05) is 6.07 Å². The molecule has 10 rings (SSSR count). The number of nitrogens with zero attached hydrogens (tertiary/aromatic N) is 1. The summed E-state index contributed by atoms with van der Waals surface area (Å²) in [6.45, 7) is 6.02. The molecule has 16 heteroatoms. The van der Waals surface area contributed by atoms with E-state index in [1.165, 1.54) is 0 Å². The van der Waals surface area contributed by atoms with Crippen molar-refractivity contribution in [3.63, 3.8) is 0 Å². The van der Waals surface area contributed by atoms with E-state index in [4.69, 9.17) is 37.6 Å². The summed E-state index contributed by atoms with van der Waals surface area (Å²) >= 11 is 0. The number of phenols is 2. The zero-order chi connectivity index (χ0) is 38.9. The highest BCUT2D eigenvalue weighted by Gasteiger charge is 2.50. The van der Waals surface area contributed by atoms with Gasteiger partial charge >= 0.3 is 0 Å². The molecular weight excluding hydrogens is 734 g/mol. The number of aromatic hydroxyl groups is 2. The molecule has 7 aliphatic rings. The van der Waals surface area contributed by atoms with Crippen LogP contribution >= 0.6 is 0 Å². The monoisotopic (exact) mass is 779 g/mol. The summed E-state index contributed by atoms with van der Waals surface area (Å²) in [7, 11) is 0. The number of hydrogen-bond acceptors (Lipinski definition) is 15. The van der Waals surface area contributed by atoms with E-state index in [2.05, 4.69) is 0 Å². The lowest BCUT2D eigenvalue weighted by Crippen LogP contribution is -2.51. The Morgan fingerprint density at radius 2 is 1.62 bits per heavy atom. The summed E-state index contributed by atoms with van der Waals surface area (Å²) in [4.78, 5) is 29.8. The van der Waals surface area contributed by atoms with Gasteiger partial charge in [0.25, 0.3) is 5.91 Å². The quantitative estimate of drug-likeness (QED) is 0.257. The normalized spacial score (nSPS) is 36.0. The molecule has 1 amide bonds. The first-order valence-corrected chi connectivity index (χ1v) is 19.5. The van der Waals surface area contributed by atoms with Crippen LogP contribution in [0, 0.1) is 0 Å². The van der Waals surface area contributed by atoms with Crippen molar-refractivity contribution >= 4 is 16.9 Å². The molecule has 2 aromatic carbocycles. The Morgan fingerprint density at radius 1 is 0.875 bits per heavy atom. The van der Waals surface area contributed by atoms with Crippen molar-refractivity contribution in [3.8, 4) is 28.4 Å². The molecule has 3 saturated heterocycles. The van der Waals surface area contributed by atoms with Gasteiger partial charge in [0.15, 0.2) is 30.7 Å². The molecule has 5 aliphatic heterocycles. The molecule has 2 aliphatic carbocycles. The molecular formula is C40H45NO15. The minimum absolute atomic E-state index is 0.0740. The van der Waals surface area contributed by atoms with Gasteiger partial charge in [0.2, 0.25) is 5.43 Å². The predicted octanol–water partition coefficient (Wildman–Crippen LogP) is 3.23. The average Bonchev–Trinajstić information content (AvgIpc) is 3.55. The first-order chi connectivity index (χ1) is 26.8. The average molecular weight is 780 g/mol. The molecule has 0 spiro atoms.